The van der Waals surface area contributed by atoms with Gasteiger partial charge in [0.2, 0.25) is 0 Å². The summed E-state index contributed by atoms with van der Waals surface area (Å²) in [5.74, 6) is 1.21. The van der Waals surface area contributed by atoms with E-state index in [9.17, 15) is 0 Å². The molecule has 5 heteroatoms. The van der Waals surface area contributed by atoms with Crippen LogP contribution in [0.15, 0.2) is 20.9 Å². The number of nitrogens with one attached hydrogen (secondary N) is 1. The Labute approximate surface area is 118 Å². The minimum absolute atomic E-state index is 0.385. The average Bonchev–Trinajstić information content (AvgIpc) is 3.01. The van der Waals surface area contributed by atoms with Gasteiger partial charge < -0.3 is 5.32 Å². The van der Waals surface area contributed by atoms with E-state index in [1.807, 2.05) is 11.8 Å². The van der Waals surface area contributed by atoms with Gasteiger partial charge in [0, 0.05) is 20.6 Å². The summed E-state index contributed by atoms with van der Waals surface area (Å²) in [7, 11) is 0. The van der Waals surface area contributed by atoms with Crippen molar-refractivity contribution in [3.8, 4) is 0 Å². The van der Waals surface area contributed by atoms with Gasteiger partial charge in [-0.15, -0.1) is 11.3 Å². The Hall–Kier alpha value is -0.000000000000000111. The van der Waals surface area contributed by atoms with Gasteiger partial charge in [0.25, 0.3) is 0 Å². The molecule has 0 amide bonds. The number of halogens is 1. The monoisotopic (exact) mass is 330 g/mol. The fourth-order valence-electron chi connectivity index (χ4n) is 2.49. The van der Waals surface area contributed by atoms with Crippen molar-refractivity contribution in [3.63, 3.8) is 0 Å². The van der Waals surface area contributed by atoms with Crippen LogP contribution in [0.3, 0.4) is 0 Å². The fraction of sp³-hybridized carbons (Fsp3) is 0.583. The number of amidine groups is 1. The van der Waals surface area contributed by atoms with Gasteiger partial charge in [0.15, 0.2) is 5.17 Å². The summed E-state index contributed by atoms with van der Waals surface area (Å²) in [4.78, 5) is 6.01. The number of hydrogen-bond donors (Lipinski definition) is 1. The van der Waals surface area contributed by atoms with Crippen LogP contribution >= 0.6 is 39.0 Å². The second kappa shape index (κ2) is 4.94. The van der Waals surface area contributed by atoms with Crippen molar-refractivity contribution in [2.24, 2.45) is 4.99 Å². The molecule has 0 bridgehead atoms. The molecule has 1 aliphatic carbocycles. The topological polar surface area (TPSA) is 24.4 Å². The minimum atomic E-state index is 0.385. The van der Waals surface area contributed by atoms with E-state index in [4.69, 9.17) is 4.99 Å². The lowest BCUT2D eigenvalue weighted by atomic mass is 10.0. The number of aliphatic imine (C=N–C) groups is 1. The Morgan fingerprint density at radius 3 is 2.94 bits per heavy atom. The maximum Gasteiger partial charge on any atom is 0.157 e. The molecule has 1 saturated heterocycles. The van der Waals surface area contributed by atoms with Crippen molar-refractivity contribution in [2.45, 2.75) is 37.8 Å². The highest BCUT2D eigenvalue weighted by Gasteiger charge is 2.39. The van der Waals surface area contributed by atoms with E-state index in [1.165, 1.54) is 40.8 Å². The zero-order chi connectivity index (χ0) is 11.7. The number of thiophene rings is 1. The Morgan fingerprint density at radius 2 is 2.24 bits per heavy atom. The van der Waals surface area contributed by atoms with Crippen molar-refractivity contribution in [1.82, 2.24) is 5.32 Å². The summed E-state index contributed by atoms with van der Waals surface area (Å²) in [6.45, 7) is 0.795. The predicted molar refractivity (Wildman–Crippen MR) is 80.0 cm³/mol. The molecule has 1 aromatic heterocycles. The van der Waals surface area contributed by atoms with E-state index in [1.54, 1.807) is 11.3 Å². The molecular weight excluding hydrogens is 316 g/mol. The number of nitrogens with zero attached hydrogens (tertiary/aromatic N) is 1. The standard InChI is InChI=1S/C12H15BrN2S2/c13-9-3-6-16-10(9)7-14-11-15-12(8-17-11)4-1-2-5-12/h3,6H,1-2,4-5,7-8H2,(H,14,15). The third kappa shape index (κ3) is 2.56. The smallest absolute Gasteiger partial charge is 0.157 e. The second-order valence-corrected chi connectivity index (χ2v) is 7.53. The van der Waals surface area contributed by atoms with Crippen molar-refractivity contribution in [2.75, 3.05) is 5.75 Å². The van der Waals surface area contributed by atoms with Gasteiger partial charge in [-0.3, -0.25) is 4.99 Å². The molecule has 1 saturated carbocycles. The first kappa shape index (κ1) is 12.1. The zero-order valence-electron chi connectivity index (χ0n) is 9.54. The summed E-state index contributed by atoms with van der Waals surface area (Å²) in [5, 5.41) is 6.90. The van der Waals surface area contributed by atoms with Crippen LogP contribution < -0.4 is 5.32 Å². The lowest BCUT2D eigenvalue weighted by Gasteiger charge is -2.21. The van der Waals surface area contributed by atoms with Crippen LogP contribution in [0.5, 0.6) is 0 Å². The lowest BCUT2D eigenvalue weighted by Crippen LogP contribution is -2.40. The van der Waals surface area contributed by atoms with E-state index in [-0.39, 0.29) is 0 Å². The van der Waals surface area contributed by atoms with Crippen LogP contribution in [0.4, 0.5) is 0 Å². The molecule has 92 valence electrons. The molecule has 1 aromatic rings. The highest BCUT2D eigenvalue weighted by molar-refractivity contribution is 9.10. The summed E-state index contributed by atoms with van der Waals surface area (Å²) in [6.07, 6.45) is 5.39. The predicted octanol–water partition coefficient (Wildman–Crippen LogP) is 4.02. The van der Waals surface area contributed by atoms with Gasteiger partial charge in [-0.1, -0.05) is 24.6 Å². The van der Waals surface area contributed by atoms with Gasteiger partial charge in [0.05, 0.1) is 6.54 Å². The Kier molecular flexibility index (Phi) is 3.50. The maximum atomic E-state index is 4.69. The van der Waals surface area contributed by atoms with Gasteiger partial charge >= 0.3 is 0 Å². The summed E-state index contributed by atoms with van der Waals surface area (Å²) in [5.41, 5.74) is 0.385. The molecule has 1 N–H and O–H groups in total. The van der Waals surface area contributed by atoms with E-state index in [0.717, 1.165) is 11.7 Å². The van der Waals surface area contributed by atoms with Crippen LogP contribution in [0.25, 0.3) is 0 Å². The molecule has 1 aliphatic heterocycles. The molecule has 3 rings (SSSR count). The van der Waals surface area contributed by atoms with Gasteiger partial charge in [-0.2, -0.15) is 0 Å². The van der Waals surface area contributed by atoms with Gasteiger partial charge in [0.1, 0.15) is 0 Å². The van der Waals surface area contributed by atoms with E-state index < -0.39 is 0 Å². The van der Waals surface area contributed by atoms with Crippen molar-refractivity contribution < 1.29 is 0 Å². The first-order valence-corrected chi connectivity index (χ1v) is 8.61. The summed E-state index contributed by atoms with van der Waals surface area (Å²) >= 11 is 7.21. The Bertz CT molecular complexity index is 435. The van der Waals surface area contributed by atoms with Crippen molar-refractivity contribution in [1.29, 1.82) is 0 Å². The normalized spacial score (nSPS) is 24.6. The first-order valence-electron chi connectivity index (χ1n) is 5.95. The number of thioether (sulfide) groups is 1. The number of hydrogen-bond acceptors (Lipinski definition) is 3. The molecular formula is C12H15BrN2S2. The largest absolute Gasteiger partial charge is 0.359 e. The van der Waals surface area contributed by atoms with Crippen LogP contribution in [-0.4, -0.2) is 16.5 Å². The first-order chi connectivity index (χ1) is 8.27. The molecule has 2 fully saturated rings. The molecule has 0 unspecified atom stereocenters. The van der Waals surface area contributed by atoms with Crippen LogP contribution in [-0.2, 0) is 6.54 Å². The zero-order valence-corrected chi connectivity index (χ0v) is 12.8. The lowest BCUT2D eigenvalue weighted by molar-refractivity contribution is 0.452. The van der Waals surface area contributed by atoms with Crippen LogP contribution in [0.2, 0.25) is 0 Å². The second-order valence-electron chi connectivity index (χ2n) is 4.71. The molecule has 2 heterocycles. The number of rotatable bonds is 2. The van der Waals surface area contributed by atoms with Gasteiger partial charge in [-0.05, 0) is 40.2 Å². The highest BCUT2D eigenvalue weighted by Crippen LogP contribution is 2.37. The van der Waals surface area contributed by atoms with E-state index in [2.05, 4.69) is 32.7 Å². The quantitative estimate of drug-likeness (QED) is 0.885. The third-order valence-electron chi connectivity index (χ3n) is 3.48. The summed E-state index contributed by atoms with van der Waals surface area (Å²) < 4.78 is 1.19. The molecule has 1 spiro atoms. The molecule has 0 atom stereocenters. The van der Waals surface area contributed by atoms with Crippen molar-refractivity contribution >= 4 is 44.2 Å². The van der Waals surface area contributed by atoms with E-state index >= 15 is 0 Å². The Balaban J connectivity index is 1.64. The SMILES string of the molecule is Brc1ccsc1CN=C1NC2(CCCC2)CS1. The molecule has 2 aliphatic rings. The molecule has 2 nitrogen and oxygen atoms in total. The molecule has 17 heavy (non-hydrogen) atoms. The summed E-state index contributed by atoms with van der Waals surface area (Å²) in [6, 6.07) is 2.09. The Morgan fingerprint density at radius 1 is 1.41 bits per heavy atom. The van der Waals surface area contributed by atoms with Gasteiger partial charge in [-0.25, -0.2) is 0 Å². The fourth-order valence-corrected chi connectivity index (χ4v) is 5.11. The van der Waals surface area contributed by atoms with Crippen LogP contribution in [0, 0.1) is 0 Å². The third-order valence-corrected chi connectivity index (χ3v) is 6.59. The minimum Gasteiger partial charge on any atom is -0.359 e. The van der Waals surface area contributed by atoms with E-state index in [0.29, 0.717) is 5.54 Å². The molecule has 0 radical (unpaired) electrons. The average molecular weight is 331 g/mol. The highest BCUT2D eigenvalue weighted by atomic mass is 79.9. The van der Waals surface area contributed by atoms with Crippen molar-refractivity contribution in [3.05, 3.63) is 20.8 Å². The van der Waals surface area contributed by atoms with Crippen LogP contribution in [0.1, 0.15) is 30.6 Å². The molecule has 0 aromatic carbocycles. The maximum absolute atomic E-state index is 4.69.